The first kappa shape index (κ1) is 25.1. The number of ether oxygens (including phenoxy) is 1. The van der Waals surface area contributed by atoms with E-state index in [1.807, 2.05) is 6.92 Å². The Morgan fingerprint density at radius 1 is 1.38 bits per heavy atom. The van der Waals surface area contributed by atoms with Gasteiger partial charge in [-0.05, 0) is 43.9 Å². The fraction of sp³-hybridized carbons (Fsp3) is 0.391. The smallest absolute Gasteiger partial charge is 0.270 e. The van der Waals surface area contributed by atoms with Crippen molar-refractivity contribution in [2.75, 3.05) is 30.9 Å². The lowest BCUT2D eigenvalue weighted by Crippen LogP contribution is -2.30. The minimum absolute atomic E-state index is 0.00279. The zero-order valence-corrected chi connectivity index (χ0v) is 19.9. The quantitative estimate of drug-likeness (QED) is 0.248. The summed E-state index contributed by atoms with van der Waals surface area (Å²) >= 11 is 1.14. The fourth-order valence-corrected chi connectivity index (χ4v) is 4.59. The number of thioether (sulfide) groups is 1. The average Bonchev–Trinajstić information content (AvgIpc) is 2.83. The number of hydrogen-bond donors (Lipinski definition) is 1. The zero-order chi connectivity index (χ0) is 24.5. The number of nitriles is 1. The van der Waals surface area contributed by atoms with Crippen LogP contribution in [0.2, 0.25) is 0 Å². The molecule has 10 nitrogen and oxygen atoms in total. The lowest BCUT2D eigenvalue weighted by molar-refractivity contribution is -0.384. The summed E-state index contributed by atoms with van der Waals surface area (Å²) in [6, 6.07) is 8.59. The minimum atomic E-state index is -0.452. The van der Waals surface area contributed by atoms with Gasteiger partial charge in [-0.25, -0.2) is 10.4 Å². The van der Waals surface area contributed by atoms with Gasteiger partial charge in [0.05, 0.1) is 29.1 Å². The fourth-order valence-electron chi connectivity index (χ4n) is 3.73. The molecule has 0 atom stereocenters. The number of non-ortho nitro benzene ring substituents is 1. The van der Waals surface area contributed by atoms with E-state index in [0.717, 1.165) is 55.5 Å². The van der Waals surface area contributed by atoms with E-state index in [2.05, 4.69) is 26.5 Å². The molecule has 178 valence electrons. The maximum absolute atomic E-state index is 12.4. The molecule has 1 N–H and O–H groups in total. The number of carbonyl (C=O) groups is 1. The summed E-state index contributed by atoms with van der Waals surface area (Å²) in [5.74, 6) is -0.380. The highest BCUT2D eigenvalue weighted by atomic mass is 32.2. The number of anilines is 1. The van der Waals surface area contributed by atoms with Crippen LogP contribution in [-0.2, 0) is 16.1 Å². The van der Waals surface area contributed by atoms with Gasteiger partial charge in [0.15, 0.2) is 0 Å². The van der Waals surface area contributed by atoms with E-state index < -0.39 is 4.92 Å². The highest BCUT2D eigenvalue weighted by molar-refractivity contribution is 8.00. The van der Waals surface area contributed by atoms with E-state index in [0.29, 0.717) is 21.7 Å². The number of hydrazone groups is 1. The number of methoxy groups -OCH3 is 1. The number of piperidine rings is 1. The predicted molar refractivity (Wildman–Crippen MR) is 130 cm³/mol. The largest absolute Gasteiger partial charge is 0.380 e. The molecule has 3 rings (SSSR count). The minimum Gasteiger partial charge on any atom is -0.380 e. The molecule has 11 heteroatoms. The van der Waals surface area contributed by atoms with Gasteiger partial charge in [-0.2, -0.15) is 10.4 Å². The lowest BCUT2D eigenvalue weighted by atomic mass is 10.1. The van der Waals surface area contributed by atoms with Crippen LogP contribution in [0.15, 0.2) is 34.4 Å². The van der Waals surface area contributed by atoms with E-state index in [-0.39, 0.29) is 24.0 Å². The highest BCUT2D eigenvalue weighted by Gasteiger charge is 2.17. The Morgan fingerprint density at radius 2 is 2.15 bits per heavy atom. The van der Waals surface area contributed by atoms with E-state index in [4.69, 9.17) is 4.74 Å². The third-order valence-corrected chi connectivity index (χ3v) is 6.23. The number of benzene rings is 1. The van der Waals surface area contributed by atoms with Gasteiger partial charge in [0.2, 0.25) is 5.91 Å². The molecule has 1 aliphatic heterocycles. The number of pyridine rings is 1. The number of aromatic nitrogens is 1. The van der Waals surface area contributed by atoms with Gasteiger partial charge in [0.25, 0.3) is 5.69 Å². The van der Waals surface area contributed by atoms with Gasteiger partial charge >= 0.3 is 0 Å². The Hall–Kier alpha value is -3.49. The Kier molecular flexibility index (Phi) is 8.95. The molecule has 34 heavy (non-hydrogen) atoms. The van der Waals surface area contributed by atoms with Crippen molar-refractivity contribution >= 4 is 35.3 Å². The Morgan fingerprint density at radius 3 is 2.82 bits per heavy atom. The number of rotatable bonds is 9. The second-order valence-corrected chi connectivity index (χ2v) is 8.74. The molecule has 0 spiro atoms. The van der Waals surface area contributed by atoms with E-state index in [1.165, 1.54) is 18.3 Å². The topological polar surface area (TPSA) is 134 Å². The number of hydrogen-bond acceptors (Lipinski definition) is 9. The second kappa shape index (κ2) is 12.1. The first-order valence-electron chi connectivity index (χ1n) is 10.8. The van der Waals surface area contributed by atoms with Gasteiger partial charge in [0, 0.05) is 49.3 Å². The molecule has 1 aromatic heterocycles. The normalized spacial score (nSPS) is 13.6. The summed E-state index contributed by atoms with van der Waals surface area (Å²) in [6.07, 6.45) is 4.72. The first-order valence-corrected chi connectivity index (χ1v) is 11.8. The van der Waals surface area contributed by atoms with Crippen molar-refractivity contribution in [2.24, 2.45) is 5.10 Å². The number of nitro groups is 1. The number of nitrogens with one attached hydrogen (secondary N) is 1. The zero-order valence-electron chi connectivity index (χ0n) is 19.1. The number of carbonyl (C=O) groups excluding carboxylic acids is 1. The van der Waals surface area contributed by atoms with Gasteiger partial charge < -0.3 is 9.64 Å². The van der Waals surface area contributed by atoms with Gasteiger partial charge in [-0.3, -0.25) is 14.9 Å². The molecule has 2 aromatic rings. The van der Waals surface area contributed by atoms with E-state index in [1.54, 1.807) is 19.2 Å². The van der Waals surface area contributed by atoms with Crippen LogP contribution < -0.4 is 10.3 Å². The maximum Gasteiger partial charge on any atom is 0.270 e. The summed E-state index contributed by atoms with van der Waals surface area (Å²) in [4.78, 5) is 29.7. The van der Waals surface area contributed by atoms with Crippen LogP contribution in [0.3, 0.4) is 0 Å². The molecule has 1 aromatic carbocycles. The number of nitrogens with zero attached hydrogens (tertiary/aromatic N) is 5. The predicted octanol–water partition coefficient (Wildman–Crippen LogP) is 3.55. The summed E-state index contributed by atoms with van der Waals surface area (Å²) in [6.45, 7) is 3.83. The van der Waals surface area contributed by atoms with Crippen LogP contribution >= 0.6 is 11.8 Å². The van der Waals surface area contributed by atoms with Gasteiger partial charge in [0.1, 0.15) is 11.1 Å². The maximum atomic E-state index is 12.4. The molecule has 0 aliphatic carbocycles. The molecular formula is C23H26N6O4S. The summed E-state index contributed by atoms with van der Waals surface area (Å²) in [5, 5.41) is 25.2. The summed E-state index contributed by atoms with van der Waals surface area (Å²) < 4.78 is 5.15. The van der Waals surface area contributed by atoms with Crippen LogP contribution in [-0.4, -0.2) is 48.0 Å². The SMILES string of the molecule is COCc1cc(C)nc(SCC(=O)N/N=C\c2cc([N+](=O)[O-])ccc2N2CCCCC2)c1C#N. The van der Waals surface area contributed by atoms with Crippen molar-refractivity contribution in [3.63, 3.8) is 0 Å². The van der Waals surface area contributed by atoms with E-state index >= 15 is 0 Å². The third-order valence-electron chi connectivity index (χ3n) is 5.26. The molecule has 0 unspecified atom stereocenters. The molecule has 1 fully saturated rings. The molecule has 1 amide bonds. The van der Waals surface area contributed by atoms with Crippen molar-refractivity contribution in [2.45, 2.75) is 37.8 Å². The standard InChI is InChI=1S/C23H26N6O4S/c1-16-10-18(14-33-2)20(12-24)23(26-16)34-15-22(30)27-25-13-17-11-19(29(31)32)6-7-21(17)28-8-4-3-5-9-28/h6-7,10-11,13H,3-5,8-9,14-15H2,1-2H3,(H,27,30)/b25-13-. The molecular weight excluding hydrogens is 456 g/mol. The summed E-state index contributed by atoms with van der Waals surface area (Å²) in [5.41, 5.74) is 5.67. The van der Waals surface area contributed by atoms with Crippen LogP contribution in [0.25, 0.3) is 0 Å². The number of aryl methyl sites for hydroxylation is 1. The Bertz CT molecular complexity index is 1130. The number of nitro benzene ring substituents is 1. The Labute approximate surface area is 202 Å². The van der Waals surface area contributed by atoms with Crippen LogP contribution in [0.1, 0.15) is 41.6 Å². The van der Waals surface area contributed by atoms with Crippen LogP contribution in [0.5, 0.6) is 0 Å². The second-order valence-electron chi connectivity index (χ2n) is 7.78. The molecule has 1 aliphatic rings. The third kappa shape index (κ3) is 6.52. The monoisotopic (exact) mass is 482 g/mol. The van der Waals surface area contributed by atoms with Crippen molar-refractivity contribution in [3.05, 3.63) is 56.8 Å². The van der Waals surface area contributed by atoms with Crippen LogP contribution in [0.4, 0.5) is 11.4 Å². The van der Waals surface area contributed by atoms with Crippen molar-refractivity contribution in [3.8, 4) is 6.07 Å². The first-order chi connectivity index (χ1) is 16.4. The lowest BCUT2D eigenvalue weighted by Gasteiger charge is -2.29. The van der Waals surface area contributed by atoms with Crippen molar-refractivity contribution in [1.82, 2.24) is 10.4 Å². The molecule has 0 bridgehead atoms. The van der Waals surface area contributed by atoms with Crippen LogP contribution in [0, 0.1) is 28.4 Å². The van der Waals surface area contributed by atoms with Crippen molar-refractivity contribution < 1.29 is 14.5 Å². The van der Waals surface area contributed by atoms with Gasteiger partial charge in [-0.15, -0.1) is 0 Å². The average molecular weight is 483 g/mol. The molecule has 0 saturated carbocycles. The van der Waals surface area contributed by atoms with Gasteiger partial charge in [-0.1, -0.05) is 11.8 Å². The number of amides is 1. The molecule has 0 radical (unpaired) electrons. The molecule has 1 saturated heterocycles. The van der Waals surface area contributed by atoms with E-state index in [9.17, 15) is 20.2 Å². The summed E-state index contributed by atoms with van der Waals surface area (Å²) in [7, 11) is 1.55. The molecule has 2 heterocycles. The highest BCUT2D eigenvalue weighted by Crippen LogP contribution is 2.27. The van der Waals surface area contributed by atoms with Crippen molar-refractivity contribution in [1.29, 1.82) is 5.26 Å². The Balaban J connectivity index is 1.69.